The molecule has 204 valence electrons. The minimum absolute atomic E-state index is 0.201. The Hall–Kier alpha value is -0.570. The SMILES string of the molecule is CCCCCCCCCCCCC(O)(CCCCCCCCC)OC(=O)CCCCCCCC. The van der Waals surface area contributed by atoms with Crippen molar-refractivity contribution in [1.29, 1.82) is 0 Å². The molecule has 3 heteroatoms. The van der Waals surface area contributed by atoms with Crippen molar-refractivity contribution in [1.82, 2.24) is 0 Å². The monoisotopic (exact) mass is 482 g/mol. The summed E-state index contributed by atoms with van der Waals surface area (Å²) in [5.74, 6) is -1.45. The molecule has 0 aliphatic heterocycles. The third-order valence-corrected chi connectivity index (χ3v) is 7.13. The predicted octanol–water partition coefficient (Wildman–Crippen LogP) is 10.4. The van der Waals surface area contributed by atoms with Crippen molar-refractivity contribution in [3.05, 3.63) is 0 Å². The second-order valence-corrected chi connectivity index (χ2v) is 10.7. The molecule has 1 unspecified atom stereocenters. The molecular weight excluding hydrogens is 420 g/mol. The molecule has 0 aliphatic rings. The van der Waals surface area contributed by atoms with Crippen molar-refractivity contribution in [2.24, 2.45) is 0 Å². The van der Waals surface area contributed by atoms with Crippen molar-refractivity contribution in [3.63, 3.8) is 0 Å². The lowest BCUT2D eigenvalue weighted by atomic mass is 9.98. The van der Waals surface area contributed by atoms with Crippen LogP contribution in [-0.2, 0) is 9.53 Å². The zero-order chi connectivity index (χ0) is 25.2. The first-order chi connectivity index (χ1) is 16.6. The van der Waals surface area contributed by atoms with Gasteiger partial charge in [-0.15, -0.1) is 0 Å². The maximum absolute atomic E-state index is 12.5. The van der Waals surface area contributed by atoms with Crippen molar-refractivity contribution < 1.29 is 14.6 Å². The number of ether oxygens (including phenoxy) is 1. The molecule has 0 radical (unpaired) electrons. The van der Waals surface area contributed by atoms with Gasteiger partial charge in [0.25, 0.3) is 0 Å². The average molecular weight is 483 g/mol. The molecule has 0 heterocycles. The molecule has 3 nitrogen and oxygen atoms in total. The second-order valence-electron chi connectivity index (χ2n) is 10.7. The second kappa shape index (κ2) is 25.5. The molecule has 0 bridgehead atoms. The van der Waals surface area contributed by atoms with E-state index >= 15 is 0 Å². The zero-order valence-electron chi connectivity index (χ0n) is 23.6. The smallest absolute Gasteiger partial charge is 0.308 e. The number of rotatable bonds is 27. The third-order valence-electron chi connectivity index (χ3n) is 7.13. The van der Waals surface area contributed by atoms with Gasteiger partial charge in [-0.1, -0.05) is 149 Å². The maximum Gasteiger partial charge on any atom is 0.308 e. The van der Waals surface area contributed by atoms with Gasteiger partial charge < -0.3 is 9.84 Å². The summed E-state index contributed by atoms with van der Waals surface area (Å²) in [6.45, 7) is 6.73. The first-order valence-electron chi connectivity index (χ1n) is 15.5. The van der Waals surface area contributed by atoms with Gasteiger partial charge in [0.05, 0.1) is 0 Å². The standard InChI is InChI=1S/C31H62O3/c1-4-7-10-13-16-17-18-20-23-26-29-31(33,28-25-22-19-14-11-8-5-2)34-30(32)27-24-21-15-12-9-6-3/h33H,4-29H2,1-3H3. The van der Waals surface area contributed by atoms with E-state index in [1.165, 1.54) is 109 Å². The molecule has 0 spiro atoms. The summed E-state index contributed by atoms with van der Waals surface area (Å²) in [5.41, 5.74) is 0. The van der Waals surface area contributed by atoms with Gasteiger partial charge in [-0.05, 0) is 19.3 Å². The molecule has 0 rings (SSSR count). The Morgan fingerprint density at radius 3 is 1.15 bits per heavy atom. The molecule has 0 amide bonds. The summed E-state index contributed by atoms with van der Waals surface area (Å²) in [6.07, 6.45) is 29.8. The first-order valence-corrected chi connectivity index (χ1v) is 15.5. The van der Waals surface area contributed by atoms with Crippen LogP contribution in [0.3, 0.4) is 0 Å². The highest BCUT2D eigenvalue weighted by Gasteiger charge is 2.30. The fourth-order valence-electron chi connectivity index (χ4n) is 4.79. The molecule has 0 aromatic rings. The van der Waals surface area contributed by atoms with Crippen LogP contribution in [0.15, 0.2) is 0 Å². The van der Waals surface area contributed by atoms with Crippen LogP contribution in [0.1, 0.15) is 188 Å². The van der Waals surface area contributed by atoms with E-state index in [0.29, 0.717) is 19.3 Å². The van der Waals surface area contributed by atoms with E-state index < -0.39 is 5.79 Å². The highest BCUT2D eigenvalue weighted by atomic mass is 16.7. The lowest BCUT2D eigenvalue weighted by molar-refractivity contribution is -0.215. The summed E-state index contributed by atoms with van der Waals surface area (Å²) in [6, 6.07) is 0. The molecule has 1 N–H and O–H groups in total. The number of unbranched alkanes of at least 4 members (excludes halogenated alkanes) is 20. The molecule has 0 aliphatic carbocycles. The first kappa shape index (κ1) is 33.4. The van der Waals surface area contributed by atoms with Gasteiger partial charge in [-0.2, -0.15) is 0 Å². The number of hydrogen-bond donors (Lipinski definition) is 1. The normalized spacial score (nSPS) is 13.2. The highest BCUT2D eigenvalue weighted by molar-refractivity contribution is 5.69. The minimum Gasteiger partial charge on any atom is -0.433 e. The van der Waals surface area contributed by atoms with Crippen molar-refractivity contribution >= 4 is 5.97 Å². The molecular formula is C31H62O3. The Morgan fingerprint density at radius 2 is 0.794 bits per heavy atom. The summed E-state index contributed by atoms with van der Waals surface area (Å²) in [4.78, 5) is 12.5. The van der Waals surface area contributed by atoms with Gasteiger partial charge in [0, 0.05) is 19.3 Å². The van der Waals surface area contributed by atoms with Crippen LogP contribution >= 0.6 is 0 Å². The van der Waals surface area contributed by atoms with Crippen LogP contribution in [0, 0.1) is 0 Å². The molecule has 0 saturated heterocycles. The Labute approximate surface area is 214 Å². The van der Waals surface area contributed by atoms with Crippen LogP contribution in [0.5, 0.6) is 0 Å². The Bertz CT molecular complexity index is 423. The third kappa shape index (κ3) is 23.2. The van der Waals surface area contributed by atoms with Gasteiger partial charge in [-0.3, -0.25) is 4.79 Å². The van der Waals surface area contributed by atoms with Crippen LogP contribution < -0.4 is 0 Å². The number of carbonyl (C=O) groups is 1. The van der Waals surface area contributed by atoms with E-state index in [4.69, 9.17) is 4.74 Å². The summed E-state index contributed by atoms with van der Waals surface area (Å²) < 4.78 is 5.71. The van der Waals surface area contributed by atoms with Gasteiger partial charge in [0.15, 0.2) is 0 Å². The summed E-state index contributed by atoms with van der Waals surface area (Å²) in [5, 5.41) is 11.2. The number of aliphatic hydroxyl groups is 1. The molecule has 0 saturated carbocycles. The van der Waals surface area contributed by atoms with Gasteiger partial charge in [-0.25, -0.2) is 0 Å². The van der Waals surface area contributed by atoms with Crippen LogP contribution in [0.2, 0.25) is 0 Å². The summed E-state index contributed by atoms with van der Waals surface area (Å²) >= 11 is 0. The van der Waals surface area contributed by atoms with Crippen LogP contribution in [0.25, 0.3) is 0 Å². The van der Waals surface area contributed by atoms with Gasteiger partial charge in [0.2, 0.25) is 5.79 Å². The van der Waals surface area contributed by atoms with Crippen LogP contribution in [-0.4, -0.2) is 16.9 Å². The lowest BCUT2D eigenvalue weighted by Crippen LogP contribution is -2.35. The molecule has 34 heavy (non-hydrogen) atoms. The van der Waals surface area contributed by atoms with E-state index in [-0.39, 0.29) is 5.97 Å². The summed E-state index contributed by atoms with van der Waals surface area (Å²) in [7, 11) is 0. The van der Waals surface area contributed by atoms with Gasteiger partial charge >= 0.3 is 5.97 Å². The lowest BCUT2D eigenvalue weighted by Gasteiger charge is -2.28. The van der Waals surface area contributed by atoms with Crippen LogP contribution in [0.4, 0.5) is 0 Å². The predicted molar refractivity (Wildman–Crippen MR) is 148 cm³/mol. The van der Waals surface area contributed by atoms with Crippen molar-refractivity contribution in [2.45, 2.75) is 193 Å². The zero-order valence-corrected chi connectivity index (χ0v) is 23.6. The quantitative estimate of drug-likeness (QED) is 0.0719. The van der Waals surface area contributed by atoms with E-state index in [1.54, 1.807) is 0 Å². The Balaban J connectivity index is 4.21. The molecule has 0 fully saturated rings. The van der Waals surface area contributed by atoms with Crippen molar-refractivity contribution in [2.75, 3.05) is 0 Å². The molecule has 0 aromatic heterocycles. The number of carbonyl (C=O) groups excluding carboxylic acids is 1. The average Bonchev–Trinajstić information content (AvgIpc) is 2.82. The number of hydrogen-bond acceptors (Lipinski definition) is 3. The van der Waals surface area contributed by atoms with Gasteiger partial charge in [0.1, 0.15) is 0 Å². The Kier molecular flexibility index (Phi) is 25.1. The van der Waals surface area contributed by atoms with Crippen molar-refractivity contribution in [3.8, 4) is 0 Å². The topological polar surface area (TPSA) is 46.5 Å². The van der Waals surface area contributed by atoms with E-state index in [2.05, 4.69) is 20.8 Å². The van der Waals surface area contributed by atoms with E-state index in [0.717, 1.165) is 38.5 Å². The minimum atomic E-state index is -1.25. The maximum atomic E-state index is 12.5. The molecule has 0 aromatic carbocycles. The van der Waals surface area contributed by atoms with E-state index in [1.807, 2.05) is 0 Å². The fourth-order valence-corrected chi connectivity index (χ4v) is 4.79. The highest BCUT2D eigenvalue weighted by Crippen LogP contribution is 2.26. The fraction of sp³-hybridized carbons (Fsp3) is 0.968. The number of esters is 1. The largest absolute Gasteiger partial charge is 0.433 e. The Morgan fingerprint density at radius 1 is 0.500 bits per heavy atom. The molecule has 1 atom stereocenters. The van der Waals surface area contributed by atoms with E-state index in [9.17, 15) is 9.90 Å².